The molecule has 2 rings (SSSR count). The van der Waals surface area contributed by atoms with Crippen LogP contribution in [0.2, 0.25) is 0 Å². The third kappa shape index (κ3) is 7.62. The lowest BCUT2D eigenvalue weighted by atomic mass is 9.69. The molecule has 0 heterocycles. The van der Waals surface area contributed by atoms with E-state index in [1.54, 1.807) is 13.0 Å². The van der Waals surface area contributed by atoms with Crippen LogP contribution in [0, 0.1) is 11.3 Å². The van der Waals surface area contributed by atoms with Gasteiger partial charge in [-0.15, -0.1) is 0 Å². The largest absolute Gasteiger partial charge is 0.418 e. The molecule has 0 aliphatic heterocycles. The van der Waals surface area contributed by atoms with E-state index in [0.29, 0.717) is 11.5 Å². The van der Waals surface area contributed by atoms with Crippen LogP contribution in [0.4, 0.5) is 18.9 Å². The lowest BCUT2D eigenvalue weighted by molar-refractivity contribution is -0.136. The van der Waals surface area contributed by atoms with Crippen LogP contribution in [0.3, 0.4) is 0 Å². The van der Waals surface area contributed by atoms with E-state index in [1.165, 1.54) is 48.3 Å². The summed E-state index contributed by atoms with van der Waals surface area (Å²) in [4.78, 5) is 12.2. The molecule has 178 valence electrons. The van der Waals surface area contributed by atoms with Crippen LogP contribution in [-0.4, -0.2) is 5.91 Å². The summed E-state index contributed by atoms with van der Waals surface area (Å²) in [6.45, 7) is 12.8. The summed E-state index contributed by atoms with van der Waals surface area (Å²) in [6, 6.07) is 4.93. The molecule has 1 aromatic carbocycles. The third-order valence-corrected chi connectivity index (χ3v) is 6.18. The molecule has 0 radical (unpaired) electrons. The highest BCUT2D eigenvalue weighted by Crippen LogP contribution is 2.43. The van der Waals surface area contributed by atoms with Gasteiger partial charge in [-0.2, -0.15) is 13.2 Å². The van der Waals surface area contributed by atoms with Gasteiger partial charge in [-0.1, -0.05) is 74.4 Å². The molecule has 0 bridgehead atoms. The van der Waals surface area contributed by atoms with E-state index in [4.69, 9.17) is 0 Å². The number of carbonyl (C=O) groups excluding carboxylic acids is 1. The number of allylic oxidation sites excluding steroid dienone is 9. The minimum Gasteiger partial charge on any atom is -0.322 e. The zero-order valence-electron chi connectivity index (χ0n) is 20.3. The first-order chi connectivity index (χ1) is 15.3. The highest BCUT2D eigenvalue weighted by atomic mass is 19.4. The number of hydrogen-bond acceptors (Lipinski definition) is 1. The Kier molecular flexibility index (Phi) is 8.70. The third-order valence-electron chi connectivity index (χ3n) is 6.18. The number of carbonyl (C=O) groups is 1. The molecule has 1 atom stereocenters. The van der Waals surface area contributed by atoms with Crippen molar-refractivity contribution in [2.45, 2.75) is 60.6 Å². The fourth-order valence-corrected chi connectivity index (χ4v) is 3.97. The van der Waals surface area contributed by atoms with Gasteiger partial charge in [-0.3, -0.25) is 4.79 Å². The van der Waals surface area contributed by atoms with Crippen molar-refractivity contribution in [3.63, 3.8) is 0 Å². The average molecular weight is 458 g/mol. The molecule has 1 amide bonds. The quantitative estimate of drug-likeness (QED) is 0.337. The summed E-state index contributed by atoms with van der Waals surface area (Å²) < 4.78 is 39.2. The molecule has 0 fully saturated rings. The zero-order chi connectivity index (χ0) is 24.8. The van der Waals surface area contributed by atoms with Crippen molar-refractivity contribution in [1.29, 1.82) is 0 Å². The summed E-state index contributed by atoms with van der Waals surface area (Å²) in [5.74, 6) is -0.00519. The van der Waals surface area contributed by atoms with E-state index in [9.17, 15) is 18.0 Å². The lowest BCUT2D eigenvalue weighted by Crippen LogP contribution is -2.23. The maximum Gasteiger partial charge on any atom is 0.418 e. The fraction of sp³-hybridized carbons (Fsp3) is 0.393. The van der Waals surface area contributed by atoms with Crippen LogP contribution in [0.15, 0.2) is 83.0 Å². The molecule has 1 aliphatic carbocycles. The monoisotopic (exact) mass is 457 g/mol. The molecular weight excluding hydrogens is 423 g/mol. The maximum atomic E-state index is 13.1. The molecule has 1 N–H and O–H groups in total. The van der Waals surface area contributed by atoms with E-state index < -0.39 is 17.6 Å². The zero-order valence-corrected chi connectivity index (χ0v) is 20.3. The number of rotatable bonds is 6. The van der Waals surface area contributed by atoms with E-state index in [-0.39, 0.29) is 11.1 Å². The van der Waals surface area contributed by atoms with Crippen LogP contribution in [0.5, 0.6) is 0 Å². The smallest absolute Gasteiger partial charge is 0.322 e. The van der Waals surface area contributed by atoms with Crippen molar-refractivity contribution in [3.8, 4) is 0 Å². The number of alkyl halides is 3. The Balaban J connectivity index is 2.05. The summed E-state index contributed by atoms with van der Waals surface area (Å²) in [5.41, 5.74) is 3.58. The molecular formula is C28H34F3NO. The van der Waals surface area contributed by atoms with Gasteiger partial charge in [0.1, 0.15) is 0 Å². The van der Waals surface area contributed by atoms with E-state index in [2.05, 4.69) is 45.2 Å². The van der Waals surface area contributed by atoms with Crippen molar-refractivity contribution >= 4 is 11.6 Å². The van der Waals surface area contributed by atoms with Crippen LogP contribution < -0.4 is 5.32 Å². The SMILES string of the molecule is CC1=C(/C=C/C(C)=C/C=C/C(C)=C/C(=O)Nc2ccccc2C(F)(F)F)C(C)(C)CCC1C. The second kappa shape index (κ2) is 10.9. The van der Waals surface area contributed by atoms with Gasteiger partial charge in [0.05, 0.1) is 11.3 Å². The Bertz CT molecular complexity index is 1020. The van der Waals surface area contributed by atoms with Gasteiger partial charge in [-0.05, 0) is 68.2 Å². The lowest BCUT2D eigenvalue weighted by Gasteiger charge is -2.36. The Morgan fingerprint density at radius 1 is 1.12 bits per heavy atom. The van der Waals surface area contributed by atoms with Gasteiger partial charge < -0.3 is 5.32 Å². The Morgan fingerprint density at radius 2 is 1.79 bits per heavy atom. The molecule has 0 aromatic heterocycles. The van der Waals surface area contributed by atoms with E-state index in [0.717, 1.165) is 11.6 Å². The first-order valence-corrected chi connectivity index (χ1v) is 11.2. The van der Waals surface area contributed by atoms with Gasteiger partial charge >= 0.3 is 6.18 Å². The Morgan fingerprint density at radius 3 is 2.45 bits per heavy atom. The van der Waals surface area contributed by atoms with E-state index >= 15 is 0 Å². The normalized spacial score (nSPS) is 20.1. The molecule has 1 aliphatic rings. The average Bonchev–Trinajstić information content (AvgIpc) is 2.70. The number of amides is 1. The van der Waals surface area contributed by atoms with Gasteiger partial charge in [0.2, 0.25) is 5.91 Å². The second-order valence-corrected chi connectivity index (χ2v) is 9.44. The van der Waals surface area contributed by atoms with Crippen LogP contribution in [-0.2, 0) is 11.0 Å². The number of hydrogen-bond donors (Lipinski definition) is 1. The number of benzene rings is 1. The predicted molar refractivity (Wildman–Crippen MR) is 131 cm³/mol. The minimum atomic E-state index is -4.53. The van der Waals surface area contributed by atoms with Gasteiger partial charge in [0.25, 0.3) is 0 Å². The molecule has 1 unspecified atom stereocenters. The number of halogens is 3. The van der Waals surface area contributed by atoms with Crippen molar-refractivity contribution in [3.05, 3.63) is 88.6 Å². The minimum absolute atomic E-state index is 0.167. The fourth-order valence-electron chi connectivity index (χ4n) is 3.97. The summed E-state index contributed by atoms with van der Waals surface area (Å²) in [7, 11) is 0. The summed E-state index contributed by atoms with van der Waals surface area (Å²) in [5, 5.41) is 2.32. The molecule has 1 aromatic rings. The highest BCUT2D eigenvalue weighted by molar-refractivity contribution is 6.00. The van der Waals surface area contributed by atoms with E-state index in [1.807, 2.05) is 19.1 Å². The number of para-hydroxylation sites is 1. The van der Waals surface area contributed by atoms with Crippen LogP contribution in [0.25, 0.3) is 0 Å². The number of anilines is 1. The molecule has 0 spiro atoms. The van der Waals surface area contributed by atoms with Crippen molar-refractivity contribution in [2.75, 3.05) is 5.32 Å². The van der Waals surface area contributed by atoms with Crippen LogP contribution in [0.1, 0.15) is 59.9 Å². The predicted octanol–water partition coefficient (Wildman–Crippen LogP) is 8.42. The second-order valence-electron chi connectivity index (χ2n) is 9.44. The number of nitrogens with one attached hydrogen (secondary N) is 1. The molecule has 5 heteroatoms. The highest BCUT2D eigenvalue weighted by Gasteiger charge is 2.33. The first kappa shape index (κ1) is 26.4. The standard InChI is InChI=1S/C28H34F3NO/c1-19(14-15-23-22(4)21(3)16-17-27(23,5)6)10-9-11-20(2)18-26(33)32-25-13-8-7-12-24(25)28(29,30)31/h7-15,18,21H,16-17H2,1-6H3,(H,32,33)/b11-9+,15-14+,19-10+,20-18+. The van der Waals surface area contributed by atoms with Crippen molar-refractivity contribution < 1.29 is 18.0 Å². The maximum absolute atomic E-state index is 13.1. The Hall–Kier alpha value is -2.82. The molecule has 0 saturated heterocycles. The van der Waals surface area contributed by atoms with Gasteiger partial charge in [-0.25, -0.2) is 0 Å². The first-order valence-electron chi connectivity index (χ1n) is 11.2. The summed E-state index contributed by atoms with van der Waals surface area (Å²) >= 11 is 0. The van der Waals surface area contributed by atoms with Gasteiger partial charge in [0.15, 0.2) is 0 Å². The van der Waals surface area contributed by atoms with Crippen molar-refractivity contribution in [1.82, 2.24) is 0 Å². The van der Waals surface area contributed by atoms with Gasteiger partial charge in [0, 0.05) is 6.08 Å². The molecule has 2 nitrogen and oxygen atoms in total. The van der Waals surface area contributed by atoms with Crippen molar-refractivity contribution in [2.24, 2.45) is 11.3 Å². The molecule has 0 saturated carbocycles. The Labute approximate surface area is 195 Å². The van der Waals surface area contributed by atoms with Crippen LogP contribution >= 0.6 is 0 Å². The molecule has 33 heavy (non-hydrogen) atoms. The topological polar surface area (TPSA) is 29.1 Å². The summed E-state index contributed by atoms with van der Waals surface area (Å²) in [6.07, 6.45) is 8.98.